The maximum Gasteiger partial charge on any atom is 0.141 e. The molecule has 1 heterocycles. The Hall–Kier alpha value is -1.19. The second-order valence-corrected chi connectivity index (χ2v) is 9.27. The molecule has 1 saturated carbocycles. The van der Waals surface area contributed by atoms with E-state index in [9.17, 15) is 4.79 Å². The Bertz CT molecular complexity index is 715. The van der Waals surface area contributed by atoms with Crippen LogP contribution in [0.1, 0.15) is 69.1 Å². The van der Waals surface area contributed by atoms with Gasteiger partial charge in [0.05, 0.1) is 11.3 Å². The molecule has 1 fully saturated rings. The van der Waals surface area contributed by atoms with E-state index in [2.05, 4.69) is 30.9 Å². The molecule has 1 aliphatic heterocycles. The van der Waals surface area contributed by atoms with Gasteiger partial charge in [-0.05, 0) is 76.0 Å². The molecule has 0 bridgehead atoms. The van der Waals surface area contributed by atoms with E-state index in [0.29, 0.717) is 12.2 Å². The van der Waals surface area contributed by atoms with Gasteiger partial charge >= 0.3 is 0 Å². The molecule has 3 rings (SSSR count). The van der Waals surface area contributed by atoms with E-state index in [1.165, 1.54) is 24.8 Å². The smallest absolute Gasteiger partial charge is 0.141 e. The Morgan fingerprint density at radius 3 is 2.58 bits per heavy atom. The third-order valence-corrected chi connectivity index (χ3v) is 5.88. The van der Waals surface area contributed by atoms with Crippen molar-refractivity contribution in [2.45, 2.75) is 70.9 Å². The van der Waals surface area contributed by atoms with Crippen LogP contribution in [-0.2, 0) is 17.8 Å². The van der Waals surface area contributed by atoms with Crippen LogP contribution < -0.4 is 0 Å². The van der Waals surface area contributed by atoms with E-state index < -0.39 is 0 Å². The minimum absolute atomic E-state index is 0.179. The van der Waals surface area contributed by atoms with Crippen LogP contribution in [-0.4, -0.2) is 36.0 Å². The lowest BCUT2D eigenvalue weighted by atomic mass is 9.81. The summed E-state index contributed by atoms with van der Waals surface area (Å²) < 4.78 is 0. The molecule has 0 aromatic heterocycles. The lowest BCUT2D eigenvalue weighted by Crippen LogP contribution is -2.31. The van der Waals surface area contributed by atoms with Crippen LogP contribution in [0.2, 0.25) is 5.02 Å². The van der Waals surface area contributed by atoms with Gasteiger partial charge in [-0.25, -0.2) is 0 Å². The number of fused-ring (bicyclic) bond motifs is 1. The zero-order valence-electron chi connectivity index (χ0n) is 16.6. The summed E-state index contributed by atoms with van der Waals surface area (Å²) in [6.07, 6.45) is 7.08. The topological polar surface area (TPSA) is 32.7 Å². The molecule has 1 aromatic carbocycles. The average Bonchev–Trinajstić information content (AvgIpc) is 2.55. The molecule has 4 heteroatoms. The predicted octanol–water partition coefficient (Wildman–Crippen LogP) is 5.06. The molecule has 0 spiro atoms. The molecule has 3 nitrogen and oxygen atoms in total. The van der Waals surface area contributed by atoms with E-state index in [-0.39, 0.29) is 11.5 Å². The first-order valence-corrected chi connectivity index (χ1v) is 10.2. The van der Waals surface area contributed by atoms with Crippen molar-refractivity contribution in [1.29, 1.82) is 0 Å². The second-order valence-electron chi connectivity index (χ2n) is 8.86. The van der Waals surface area contributed by atoms with Gasteiger partial charge in [-0.15, -0.1) is 0 Å². The summed E-state index contributed by atoms with van der Waals surface area (Å²) in [4.78, 5) is 20.0. The molecule has 0 radical (unpaired) electrons. The number of hydrogen-bond acceptors (Lipinski definition) is 3. The van der Waals surface area contributed by atoms with Gasteiger partial charge in [0.2, 0.25) is 0 Å². The van der Waals surface area contributed by atoms with Gasteiger partial charge < -0.3 is 4.90 Å². The van der Waals surface area contributed by atoms with Gasteiger partial charge in [0.15, 0.2) is 0 Å². The van der Waals surface area contributed by atoms with E-state index >= 15 is 0 Å². The number of carbonyl (C=O) groups excluding carboxylic acids is 1. The maximum absolute atomic E-state index is 12.9. The molecule has 142 valence electrons. The Balaban J connectivity index is 1.91. The Labute approximate surface area is 162 Å². The van der Waals surface area contributed by atoms with Crippen molar-refractivity contribution in [2.75, 3.05) is 14.1 Å². The van der Waals surface area contributed by atoms with Gasteiger partial charge in [0.25, 0.3) is 0 Å². The minimum atomic E-state index is -0.179. The zero-order valence-corrected chi connectivity index (χ0v) is 17.3. The number of carbonyl (C=O) groups is 1. The van der Waals surface area contributed by atoms with Crippen molar-refractivity contribution >= 4 is 23.1 Å². The number of halogens is 1. The molecule has 26 heavy (non-hydrogen) atoms. The summed E-state index contributed by atoms with van der Waals surface area (Å²) in [6.45, 7) is 5.07. The quantitative estimate of drug-likeness (QED) is 0.721. The fourth-order valence-electron chi connectivity index (χ4n) is 4.34. The van der Waals surface area contributed by atoms with Crippen LogP contribution in [0.4, 0.5) is 0 Å². The first kappa shape index (κ1) is 19.6. The van der Waals surface area contributed by atoms with Crippen molar-refractivity contribution in [3.05, 3.63) is 33.8 Å². The first-order valence-electron chi connectivity index (χ1n) is 9.83. The number of hydrogen-bond donors (Lipinski definition) is 0. The highest BCUT2D eigenvalue weighted by atomic mass is 35.5. The maximum atomic E-state index is 12.9. The molecule has 2 aliphatic rings. The molecular formula is C22H31ClN2O. The Morgan fingerprint density at radius 1 is 1.23 bits per heavy atom. The monoisotopic (exact) mass is 374 g/mol. The van der Waals surface area contributed by atoms with Gasteiger partial charge in [-0.3, -0.25) is 9.79 Å². The Kier molecular flexibility index (Phi) is 5.88. The van der Waals surface area contributed by atoms with Gasteiger partial charge in [0.1, 0.15) is 5.78 Å². The summed E-state index contributed by atoms with van der Waals surface area (Å²) in [5.41, 5.74) is 4.25. The van der Waals surface area contributed by atoms with Crippen molar-refractivity contribution in [3.8, 4) is 0 Å². The standard InChI is InChI=1S/C22H31ClN2O/c1-22(2)13-16-11-19(23)17(14-25(3)4)10-18(16)20(24-22)12-21(26)15-8-6-5-7-9-15/h10-11,15H,5-9,12-14H2,1-4H3. The molecule has 0 unspecified atom stereocenters. The normalized spacial score (nSPS) is 20.0. The van der Waals surface area contributed by atoms with Crippen LogP contribution in [0, 0.1) is 5.92 Å². The number of Topliss-reactive ketones (excluding diaryl/α,β-unsaturated/α-hetero) is 1. The van der Waals surface area contributed by atoms with Crippen LogP contribution in [0.5, 0.6) is 0 Å². The van der Waals surface area contributed by atoms with Crippen molar-refractivity contribution in [3.63, 3.8) is 0 Å². The summed E-state index contributed by atoms with van der Waals surface area (Å²) in [7, 11) is 4.08. The van der Waals surface area contributed by atoms with E-state index in [1.54, 1.807) is 0 Å². The number of ketones is 1. The fourth-order valence-corrected chi connectivity index (χ4v) is 4.58. The zero-order chi connectivity index (χ0) is 18.9. The highest BCUT2D eigenvalue weighted by molar-refractivity contribution is 6.31. The third kappa shape index (κ3) is 4.55. The number of benzene rings is 1. The lowest BCUT2D eigenvalue weighted by molar-refractivity contribution is -0.122. The lowest BCUT2D eigenvalue weighted by Gasteiger charge is -2.31. The minimum Gasteiger partial charge on any atom is -0.305 e. The molecule has 0 saturated heterocycles. The average molecular weight is 375 g/mol. The number of nitrogens with zero attached hydrogens (tertiary/aromatic N) is 2. The van der Waals surface area contributed by atoms with Crippen LogP contribution in [0.15, 0.2) is 17.1 Å². The largest absolute Gasteiger partial charge is 0.305 e. The van der Waals surface area contributed by atoms with Gasteiger partial charge in [-0.1, -0.05) is 30.9 Å². The molecule has 0 amide bonds. The van der Waals surface area contributed by atoms with E-state index in [4.69, 9.17) is 16.6 Å². The Morgan fingerprint density at radius 2 is 1.92 bits per heavy atom. The summed E-state index contributed by atoms with van der Waals surface area (Å²) in [5.74, 6) is 0.602. The highest BCUT2D eigenvalue weighted by Crippen LogP contribution is 2.33. The highest BCUT2D eigenvalue weighted by Gasteiger charge is 2.30. The van der Waals surface area contributed by atoms with Gasteiger partial charge in [-0.2, -0.15) is 0 Å². The molecule has 0 N–H and O–H groups in total. The van der Waals surface area contributed by atoms with Crippen LogP contribution in [0.25, 0.3) is 0 Å². The summed E-state index contributed by atoms with van der Waals surface area (Å²) >= 11 is 6.54. The fraction of sp³-hybridized carbons (Fsp3) is 0.636. The summed E-state index contributed by atoms with van der Waals surface area (Å²) in [5, 5.41) is 0.813. The second kappa shape index (κ2) is 7.82. The predicted molar refractivity (Wildman–Crippen MR) is 109 cm³/mol. The van der Waals surface area contributed by atoms with E-state index in [1.807, 2.05) is 14.1 Å². The molecular weight excluding hydrogens is 344 g/mol. The van der Waals surface area contributed by atoms with E-state index in [0.717, 1.165) is 47.7 Å². The molecule has 0 atom stereocenters. The summed E-state index contributed by atoms with van der Waals surface area (Å²) in [6, 6.07) is 4.26. The molecule has 1 aromatic rings. The van der Waals surface area contributed by atoms with Crippen LogP contribution in [0.3, 0.4) is 0 Å². The van der Waals surface area contributed by atoms with Crippen molar-refractivity contribution in [2.24, 2.45) is 10.9 Å². The van der Waals surface area contributed by atoms with Crippen molar-refractivity contribution in [1.82, 2.24) is 4.90 Å². The molecule has 1 aliphatic carbocycles. The SMILES string of the molecule is CN(C)Cc1cc2c(cc1Cl)CC(C)(C)N=C2CC(=O)C1CCCCC1. The van der Waals surface area contributed by atoms with Crippen LogP contribution >= 0.6 is 11.6 Å². The third-order valence-electron chi connectivity index (χ3n) is 5.53. The number of rotatable bonds is 5. The van der Waals surface area contributed by atoms with Gasteiger partial charge in [0, 0.05) is 23.9 Å². The number of aliphatic imine (C=N–C) groups is 1. The first-order chi connectivity index (χ1) is 12.2. The van der Waals surface area contributed by atoms with Crippen molar-refractivity contribution < 1.29 is 4.79 Å².